The number of benzene rings is 3. The molecule has 0 saturated heterocycles. The molecule has 0 fully saturated rings. The predicted octanol–water partition coefficient (Wildman–Crippen LogP) is 6.43. The molecule has 0 bridgehead atoms. The first-order chi connectivity index (χ1) is 10.6. The van der Waals surface area contributed by atoms with E-state index >= 15 is 0 Å². The van der Waals surface area contributed by atoms with Crippen molar-refractivity contribution in [2.45, 2.75) is 30.6 Å². The van der Waals surface area contributed by atoms with Gasteiger partial charge < -0.3 is 0 Å². The van der Waals surface area contributed by atoms with Gasteiger partial charge >= 0.3 is 0 Å². The Bertz CT molecular complexity index is 765. The normalized spacial score (nSPS) is 10.7. The maximum Gasteiger partial charge on any atom is 0.0181 e. The van der Waals surface area contributed by atoms with Gasteiger partial charge in [-0.3, -0.25) is 0 Å². The van der Waals surface area contributed by atoms with Crippen LogP contribution in [-0.2, 0) is 0 Å². The van der Waals surface area contributed by atoms with E-state index in [4.69, 9.17) is 0 Å². The number of aryl methyl sites for hydroxylation is 3. The Morgan fingerprint density at radius 2 is 1.27 bits per heavy atom. The average Bonchev–Trinajstić information content (AvgIpc) is 2.52. The van der Waals surface area contributed by atoms with Gasteiger partial charge in [0.25, 0.3) is 0 Å². The quantitative estimate of drug-likeness (QED) is 0.537. The Morgan fingerprint density at radius 1 is 0.636 bits per heavy atom. The second-order valence-electron chi connectivity index (χ2n) is 5.72. The van der Waals surface area contributed by atoms with Gasteiger partial charge in [0, 0.05) is 9.79 Å². The van der Waals surface area contributed by atoms with Crippen LogP contribution in [-0.4, -0.2) is 0 Å². The Kier molecular flexibility index (Phi) is 4.35. The Labute approximate surface area is 137 Å². The molecule has 1 heteroatoms. The molecule has 0 unspecified atom stereocenters. The molecule has 22 heavy (non-hydrogen) atoms. The topological polar surface area (TPSA) is 0 Å². The highest BCUT2D eigenvalue weighted by Gasteiger charge is 2.07. The second kappa shape index (κ2) is 6.41. The van der Waals surface area contributed by atoms with Gasteiger partial charge in [0.1, 0.15) is 0 Å². The van der Waals surface area contributed by atoms with Crippen LogP contribution in [0.5, 0.6) is 0 Å². The van der Waals surface area contributed by atoms with Crippen molar-refractivity contribution < 1.29 is 0 Å². The van der Waals surface area contributed by atoms with Gasteiger partial charge in [0.15, 0.2) is 0 Å². The highest BCUT2D eigenvalue weighted by molar-refractivity contribution is 7.99. The molecule has 3 aromatic rings. The molecule has 0 aliphatic heterocycles. The summed E-state index contributed by atoms with van der Waals surface area (Å²) in [6.45, 7) is 6.55. The zero-order valence-electron chi connectivity index (χ0n) is 13.3. The van der Waals surface area contributed by atoms with Crippen molar-refractivity contribution in [2.24, 2.45) is 0 Å². The van der Waals surface area contributed by atoms with Gasteiger partial charge in [0.05, 0.1) is 0 Å². The molecule has 0 N–H and O–H groups in total. The molecule has 3 rings (SSSR count). The molecule has 0 aliphatic rings. The molecular weight excluding hydrogens is 284 g/mol. The Hall–Kier alpha value is -1.99. The second-order valence-corrected chi connectivity index (χ2v) is 6.81. The minimum Gasteiger partial charge on any atom is -0.0895 e. The lowest BCUT2D eigenvalue weighted by Crippen LogP contribution is -1.88. The summed E-state index contributed by atoms with van der Waals surface area (Å²) in [5.74, 6) is 0. The highest BCUT2D eigenvalue weighted by atomic mass is 32.2. The fourth-order valence-electron chi connectivity index (χ4n) is 2.82. The van der Waals surface area contributed by atoms with Gasteiger partial charge in [-0.25, -0.2) is 0 Å². The zero-order chi connectivity index (χ0) is 15.5. The van der Waals surface area contributed by atoms with Crippen molar-refractivity contribution in [3.63, 3.8) is 0 Å². The lowest BCUT2D eigenvalue weighted by atomic mass is 10.1. The van der Waals surface area contributed by atoms with E-state index in [0.29, 0.717) is 0 Å². The number of hydrogen-bond acceptors (Lipinski definition) is 1. The van der Waals surface area contributed by atoms with Crippen molar-refractivity contribution >= 4 is 11.8 Å². The van der Waals surface area contributed by atoms with E-state index in [1.54, 1.807) is 0 Å². The number of hydrogen-bond donors (Lipinski definition) is 0. The molecule has 0 atom stereocenters. The van der Waals surface area contributed by atoms with Gasteiger partial charge in [-0.05, 0) is 55.2 Å². The summed E-state index contributed by atoms with van der Waals surface area (Å²) in [7, 11) is 0. The van der Waals surface area contributed by atoms with E-state index in [-0.39, 0.29) is 0 Å². The summed E-state index contributed by atoms with van der Waals surface area (Å²) < 4.78 is 0. The summed E-state index contributed by atoms with van der Waals surface area (Å²) in [6.07, 6.45) is 0. The maximum atomic E-state index is 2.28. The molecule has 0 aromatic heterocycles. The minimum atomic E-state index is 1.27. The molecule has 0 heterocycles. The SMILES string of the molecule is Cc1cc(C)c(Sc2cccc(-c3ccccc3)c2)c(C)c1. The third-order valence-electron chi connectivity index (χ3n) is 3.77. The molecule has 3 aromatic carbocycles. The summed E-state index contributed by atoms with van der Waals surface area (Å²) in [5.41, 5.74) is 6.58. The lowest BCUT2D eigenvalue weighted by molar-refractivity contribution is 1.19. The van der Waals surface area contributed by atoms with Crippen molar-refractivity contribution in [3.05, 3.63) is 83.4 Å². The summed E-state index contributed by atoms with van der Waals surface area (Å²) >= 11 is 1.86. The molecular formula is C21H20S. The Balaban J connectivity index is 1.94. The Morgan fingerprint density at radius 3 is 1.95 bits per heavy atom. The lowest BCUT2D eigenvalue weighted by Gasteiger charge is -2.11. The van der Waals surface area contributed by atoms with Crippen LogP contribution < -0.4 is 0 Å². The average molecular weight is 304 g/mol. The molecule has 0 radical (unpaired) electrons. The van der Waals surface area contributed by atoms with E-state index in [0.717, 1.165) is 0 Å². The zero-order valence-corrected chi connectivity index (χ0v) is 14.1. The standard InChI is InChI=1S/C21H20S/c1-15-12-16(2)21(17(3)13-15)22-20-11-7-10-19(14-20)18-8-5-4-6-9-18/h4-14H,1-3H3. The van der Waals surface area contributed by atoms with Gasteiger partial charge in [-0.2, -0.15) is 0 Å². The fourth-order valence-corrected chi connectivity index (χ4v) is 3.82. The molecule has 0 amide bonds. The molecule has 0 aliphatic carbocycles. The van der Waals surface area contributed by atoms with Gasteiger partial charge in [-0.1, -0.05) is 71.9 Å². The van der Waals surface area contributed by atoms with E-state index < -0.39 is 0 Å². The first-order valence-electron chi connectivity index (χ1n) is 7.54. The summed E-state index contributed by atoms with van der Waals surface area (Å²) in [5, 5.41) is 0. The maximum absolute atomic E-state index is 2.28. The largest absolute Gasteiger partial charge is 0.0895 e. The third kappa shape index (κ3) is 3.26. The van der Waals surface area contributed by atoms with Crippen LogP contribution in [0.4, 0.5) is 0 Å². The van der Waals surface area contributed by atoms with Gasteiger partial charge in [-0.15, -0.1) is 0 Å². The summed E-state index contributed by atoms with van der Waals surface area (Å²) in [6, 6.07) is 23.9. The molecule has 0 saturated carbocycles. The highest BCUT2D eigenvalue weighted by Crippen LogP contribution is 2.35. The number of rotatable bonds is 3. The smallest absolute Gasteiger partial charge is 0.0181 e. The van der Waals surface area contributed by atoms with E-state index in [2.05, 4.69) is 87.5 Å². The van der Waals surface area contributed by atoms with Crippen LogP contribution in [0.3, 0.4) is 0 Å². The van der Waals surface area contributed by atoms with E-state index in [1.165, 1.54) is 37.6 Å². The fraction of sp³-hybridized carbons (Fsp3) is 0.143. The van der Waals surface area contributed by atoms with Crippen LogP contribution in [0, 0.1) is 20.8 Å². The van der Waals surface area contributed by atoms with Crippen LogP contribution in [0.2, 0.25) is 0 Å². The predicted molar refractivity (Wildman–Crippen MR) is 96.7 cm³/mol. The van der Waals surface area contributed by atoms with Crippen molar-refractivity contribution in [2.75, 3.05) is 0 Å². The molecule has 0 spiro atoms. The molecule has 0 nitrogen and oxygen atoms in total. The van der Waals surface area contributed by atoms with E-state index in [1.807, 2.05) is 11.8 Å². The van der Waals surface area contributed by atoms with Crippen molar-refractivity contribution in [3.8, 4) is 11.1 Å². The van der Waals surface area contributed by atoms with Crippen LogP contribution in [0.1, 0.15) is 16.7 Å². The summed E-state index contributed by atoms with van der Waals surface area (Å²) in [4.78, 5) is 2.66. The van der Waals surface area contributed by atoms with Gasteiger partial charge in [0.2, 0.25) is 0 Å². The third-order valence-corrected chi connectivity index (χ3v) is 5.10. The van der Waals surface area contributed by atoms with Crippen molar-refractivity contribution in [1.29, 1.82) is 0 Å². The van der Waals surface area contributed by atoms with Crippen LogP contribution in [0.15, 0.2) is 76.5 Å². The first-order valence-corrected chi connectivity index (χ1v) is 8.36. The minimum absolute atomic E-state index is 1.27. The first kappa shape index (κ1) is 14.9. The van der Waals surface area contributed by atoms with Crippen molar-refractivity contribution in [1.82, 2.24) is 0 Å². The van der Waals surface area contributed by atoms with E-state index in [9.17, 15) is 0 Å². The van der Waals surface area contributed by atoms with Crippen LogP contribution in [0.25, 0.3) is 11.1 Å². The monoisotopic (exact) mass is 304 g/mol. The van der Waals surface area contributed by atoms with Crippen LogP contribution >= 0.6 is 11.8 Å². The molecule has 110 valence electrons.